The van der Waals surface area contributed by atoms with Crippen LogP contribution >= 0.6 is 0 Å². The molecule has 0 saturated heterocycles. The highest BCUT2D eigenvalue weighted by molar-refractivity contribution is 5.44. The lowest BCUT2D eigenvalue weighted by Gasteiger charge is -2.16. The summed E-state index contributed by atoms with van der Waals surface area (Å²) in [5.74, 6) is 1.50. The fraction of sp³-hybridized carbons (Fsp3) is 0.286. The van der Waals surface area contributed by atoms with Crippen LogP contribution in [-0.4, -0.2) is 17.1 Å². The Hall–Kier alpha value is -1.94. The van der Waals surface area contributed by atoms with E-state index in [1.807, 2.05) is 26.0 Å². The number of aryl methyl sites for hydroxylation is 2. The van der Waals surface area contributed by atoms with Crippen LogP contribution in [0.3, 0.4) is 0 Å². The zero-order valence-corrected chi connectivity index (χ0v) is 10.8. The standard InChI is InChI=1S/C14H17N3O/c1-9-8-12(18-3)10(2)7-11(9)13(15)14-16-5-4-6-17-14/h4-8,13H,15H2,1-3H3. The average Bonchev–Trinajstić information content (AvgIpc) is 2.41. The molecule has 18 heavy (non-hydrogen) atoms. The Labute approximate surface area is 107 Å². The van der Waals surface area contributed by atoms with Crippen LogP contribution in [0.2, 0.25) is 0 Å². The van der Waals surface area contributed by atoms with Crippen molar-refractivity contribution in [1.82, 2.24) is 9.97 Å². The minimum Gasteiger partial charge on any atom is -0.496 e. The van der Waals surface area contributed by atoms with Crippen molar-refractivity contribution in [2.24, 2.45) is 5.73 Å². The van der Waals surface area contributed by atoms with Gasteiger partial charge in [-0.2, -0.15) is 0 Å². The van der Waals surface area contributed by atoms with E-state index in [1.54, 1.807) is 25.6 Å². The summed E-state index contributed by atoms with van der Waals surface area (Å²) in [6.45, 7) is 4.01. The van der Waals surface area contributed by atoms with Crippen LogP contribution in [-0.2, 0) is 0 Å². The molecule has 0 aliphatic rings. The van der Waals surface area contributed by atoms with Gasteiger partial charge in [-0.3, -0.25) is 0 Å². The van der Waals surface area contributed by atoms with E-state index in [-0.39, 0.29) is 6.04 Å². The van der Waals surface area contributed by atoms with Gasteiger partial charge in [-0.1, -0.05) is 6.07 Å². The summed E-state index contributed by atoms with van der Waals surface area (Å²) >= 11 is 0. The van der Waals surface area contributed by atoms with Gasteiger partial charge in [-0.05, 0) is 42.7 Å². The van der Waals surface area contributed by atoms with Gasteiger partial charge in [0.25, 0.3) is 0 Å². The average molecular weight is 243 g/mol. The summed E-state index contributed by atoms with van der Waals surface area (Å²) in [6, 6.07) is 5.50. The Kier molecular flexibility index (Phi) is 3.58. The van der Waals surface area contributed by atoms with Gasteiger partial charge in [0, 0.05) is 12.4 Å². The summed E-state index contributed by atoms with van der Waals surface area (Å²) in [7, 11) is 1.67. The molecule has 2 rings (SSSR count). The summed E-state index contributed by atoms with van der Waals surface area (Å²) in [5.41, 5.74) is 9.38. The van der Waals surface area contributed by atoms with Crippen molar-refractivity contribution in [3.63, 3.8) is 0 Å². The Morgan fingerprint density at radius 3 is 2.39 bits per heavy atom. The van der Waals surface area contributed by atoms with Gasteiger partial charge in [-0.25, -0.2) is 9.97 Å². The summed E-state index contributed by atoms with van der Waals surface area (Å²) in [4.78, 5) is 8.40. The number of nitrogens with zero attached hydrogens (tertiary/aromatic N) is 2. The predicted octanol–water partition coefficient (Wildman–Crippen LogP) is 2.15. The minimum absolute atomic E-state index is 0.309. The molecule has 2 N–H and O–H groups in total. The minimum atomic E-state index is -0.309. The van der Waals surface area contributed by atoms with E-state index in [1.165, 1.54) is 0 Å². The first kappa shape index (κ1) is 12.5. The van der Waals surface area contributed by atoms with Gasteiger partial charge in [0.2, 0.25) is 0 Å². The molecule has 1 aromatic carbocycles. The first-order valence-corrected chi connectivity index (χ1v) is 5.81. The highest BCUT2D eigenvalue weighted by Gasteiger charge is 2.15. The SMILES string of the molecule is COc1cc(C)c(C(N)c2ncccn2)cc1C. The molecule has 2 aromatic rings. The van der Waals surface area contributed by atoms with Gasteiger partial charge >= 0.3 is 0 Å². The van der Waals surface area contributed by atoms with Crippen LogP contribution in [0.1, 0.15) is 28.6 Å². The third-order valence-electron chi connectivity index (χ3n) is 2.98. The molecule has 0 saturated carbocycles. The van der Waals surface area contributed by atoms with Gasteiger partial charge < -0.3 is 10.5 Å². The number of aromatic nitrogens is 2. The van der Waals surface area contributed by atoms with E-state index in [9.17, 15) is 0 Å². The number of benzene rings is 1. The molecule has 0 aliphatic heterocycles. The summed E-state index contributed by atoms with van der Waals surface area (Å²) in [6.07, 6.45) is 3.40. The fourth-order valence-electron chi connectivity index (χ4n) is 1.98. The number of nitrogens with two attached hydrogens (primary N) is 1. The molecule has 1 aromatic heterocycles. The maximum Gasteiger partial charge on any atom is 0.149 e. The Bertz CT molecular complexity index is 540. The van der Waals surface area contributed by atoms with E-state index in [4.69, 9.17) is 10.5 Å². The molecule has 0 radical (unpaired) electrons. The lowest BCUT2D eigenvalue weighted by Crippen LogP contribution is -2.16. The maximum atomic E-state index is 6.21. The van der Waals surface area contributed by atoms with Crippen molar-refractivity contribution in [2.45, 2.75) is 19.9 Å². The summed E-state index contributed by atoms with van der Waals surface area (Å²) < 4.78 is 5.29. The van der Waals surface area contributed by atoms with E-state index < -0.39 is 0 Å². The molecule has 0 fully saturated rings. The molecular weight excluding hydrogens is 226 g/mol. The first-order chi connectivity index (χ1) is 8.63. The lowest BCUT2D eigenvalue weighted by molar-refractivity contribution is 0.411. The van der Waals surface area contributed by atoms with Crippen molar-refractivity contribution < 1.29 is 4.74 Å². The molecule has 0 amide bonds. The lowest BCUT2D eigenvalue weighted by atomic mass is 9.98. The quantitative estimate of drug-likeness (QED) is 0.897. The molecule has 4 nitrogen and oxygen atoms in total. The second-order valence-corrected chi connectivity index (χ2v) is 4.26. The molecule has 4 heteroatoms. The zero-order chi connectivity index (χ0) is 13.1. The van der Waals surface area contributed by atoms with Crippen LogP contribution in [0.15, 0.2) is 30.6 Å². The van der Waals surface area contributed by atoms with Crippen molar-refractivity contribution in [1.29, 1.82) is 0 Å². The smallest absolute Gasteiger partial charge is 0.149 e. The van der Waals surface area contributed by atoms with E-state index in [0.717, 1.165) is 22.4 Å². The molecule has 1 unspecified atom stereocenters. The van der Waals surface area contributed by atoms with Gasteiger partial charge in [0.15, 0.2) is 0 Å². The number of ether oxygens (including phenoxy) is 1. The highest BCUT2D eigenvalue weighted by Crippen LogP contribution is 2.27. The Balaban J connectivity index is 2.43. The molecule has 1 heterocycles. The van der Waals surface area contributed by atoms with Crippen LogP contribution in [0.4, 0.5) is 0 Å². The second kappa shape index (κ2) is 5.14. The zero-order valence-electron chi connectivity index (χ0n) is 10.8. The largest absolute Gasteiger partial charge is 0.496 e. The third kappa shape index (κ3) is 2.33. The van der Waals surface area contributed by atoms with E-state index in [0.29, 0.717) is 5.82 Å². The maximum absolute atomic E-state index is 6.21. The van der Waals surface area contributed by atoms with Crippen LogP contribution in [0.25, 0.3) is 0 Å². The molecule has 0 aliphatic carbocycles. The van der Waals surface area contributed by atoms with Crippen molar-refractivity contribution in [3.05, 3.63) is 53.1 Å². The van der Waals surface area contributed by atoms with Crippen molar-refractivity contribution in [3.8, 4) is 5.75 Å². The van der Waals surface area contributed by atoms with E-state index >= 15 is 0 Å². The number of hydrogen-bond acceptors (Lipinski definition) is 4. The Morgan fingerprint density at radius 1 is 1.11 bits per heavy atom. The van der Waals surface area contributed by atoms with Crippen molar-refractivity contribution >= 4 is 0 Å². The molecule has 94 valence electrons. The molecular formula is C14H17N3O. The van der Waals surface area contributed by atoms with Gasteiger partial charge in [-0.15, -0.1) is 0 Å². The number of hydrogen-bond donors (Lipinski definition) is 1. The topological polar surface area (TPSA) is 61.0 Å². The highest BCUT2D eigenvalue weighted by atomic mass is 16.5. The summed E-state index contributed by atoms with van der Waals surface area (Å²) in [5, 5.41) is 0. The monoisotopic (exact) mass is 243 g/mol. The number of methoxy groups -OCH3 is 1. The predicted molar refractivity (Wildman–Crippen MR) is 70.5 cm³/mol. The molecule has 0 spiro atoms. The van der Waals surface area contributed by atoms with E-state index in [2.05, 4.69) is 9.97 Å². The fourth-order valence-corrected chi connectivity index (χ4v) is 1.98. The van der Waals surface area contributed by atoms with Crippen LogP contribution in [0.5, 0.6) is 5.75 Å². The Morgan fingerprint density at radius 2 is 1.78 bits per heavy atom. The van der Waals surface area contributed by atoms with Gasteiger partial charge in [0.1, 0.15) is 11.6 Å². The molecule has 0 bridgehead atoms. The normalized spacial score (nSPS) is 12.2. The van der Waals surface area contributed by atoms with Gasteiger partial charge in [0.05, 0.1) is 13.2 Å². The first-order valence-electron chi connectivity index (χ1n) is 5.81. The number of rotatable bonds is 3. The third-order valence-corrected chi connectivity index (χ3v) is 2.98. The van der Waals surface area contributed by atoms with Crippen LogP contribution < -0.4 is 10.5 Å². The van der Waals surface area contributed by atoms with Crippen LogP contribution in [0, 0.1) is 13.8 Å². The molecule has 1 atom stereocenters. The second-order valence-electron chi connectivity index (χ2n) is 4.26. The van der Waals surface area contributed by atoms with Crippen molar-refractivity contribution in [2.75, 3.05) is 7.11 Å².